The number of amidine groups is 1. The normalized spacial score (nSPS) is 33.1. The Balaban J connectivity index is 1.90. The van der Waals surface area contributed by atoms with Gasteiger partial charge in [0.2, 0.25) is 0 Å². The van der Waals surface area contributed by atoms with E-state index in [4.69, 9.17) is 9.73 Å². The van der Waals surface area contributed by atoms with Crippen LogP contribution in [0.2, 0.25) is 0 Å². The zero-order valence-electron chi connectivity index (χ0n) is 16.5. The fourth-order valence-electron chi connectivity index (χ4n) is 5.33. The van der Waals surface area contributed by atoms with Crippen LogP contribution in [0.25, 0.3) is 0 Å². The minimum Gasteiger partial charge on any atom is -0.381 e. The van der Waals surface area contributed by atoms with Crippen LogP contribution in [-0.2, 0) is 27.3 Å². The Kier molecular flexibility index (Phi) is 4.04. The fraction of sp³-hybridized carbons (Fsp3) is 0.619. The summed E-state index contributed by atoms with van der Waals surface area (Å²) in [6, 6.07) is 5.46. The van der Waals surface area contributed by atoms with Gasteiger partial charge in [0.25, 0.3) is 5.91 Å². The summed E-state index contributed by atoms with van der Waals surface area (Å²) >= 11 is 0. The van der Waals surface area contributed by atoms with Crippen molar-refractivity contribution >= 4 is 11.7 Å². The van der Waals surface area contributed by atoms with Gasteiger partial charge in [-0.1, -0.05) is 12.1 Å². The summed E-state index contributed by atoms with van der Waals surface area (Å²) in [5.74, 6) is -1.25. The lowest BCUT2D eigenvalue weighted by Crippen LogP contribution is -2.51. The molecule has 0 aromatic heterocycles. The molecular weight excluding hydrogens is 344 g/mol. The number of carbonyl (C=O) groups excluding carboxylic acids is 1. The number of hydrogen-bond donors (Lipinski definition) is 2. The molecule has 0 radical (unpaired) electrons. The molecule has 1 unspecified atom stereocenters. The summed E-state index contributed by atoms with van der Waals surface area (Å²) in [6.07, 6.45) is 4.54. The number of hydrogen-bond acceptors (Lipinski definition) is 5. The van der Waals surface area contributed by atoms with Gasteiger partial charge >= 0.3 is 0 Å². The van der Waals surface area contributed by atoms with Crippen molar-refractivity contribution in [2.24, 2.45) is 10.4 Å². The number of fused-ring (bicyclic) bond motifs is 3. The number of likely N-dealkylation sites (N-methyl/N-ethyl adjacent to an activating group) is 1. The lowest BCUT2D eigenvalue weighted by atomic mass is 9.61. The highest BCUT2D eigenvalue weighted by Gasteiger charge is 2.66. The predicted molar refractivity (Wildman–Crippen MR) is 101 cm³/mol. The minimum absolute atomic E-state index is 0.00986. The maximum absolute atomic E-state index is 13.5. The van der Waals surface area contributed by atoms with Gasteiger partial charge in [0, 0.05) is 25.1 Å². The van der Waals surface area contributed by atoms with Crippen molar-refractivity contribution in [2.75, 3.05) is 14.2 Å². The maximum atomic E-state index is 13.5. The third-order valence-corrected chi connectivity index (χ3v) is 7.00. The fourth-order valence-corrected chi connectivity index (χ4v) is 5.33. The van der Waals surface area contributed by atoms with Crippen molar-refractivity contribution in [3.05, 3.63) is 34.9 Å². The van der Waals surface area contributed by atoms with Crippen LogP contribution in [0.5, 0.6) is 0 Å². The number of rotatable bonds is 2. The molecule has 1 fully saturated rings. The van der Waals surface area contributed by atoms with Gasteiger partial charge in [-0.15, -0.1) is 0 Å². The van der Waals surface area contributed by atoms with E-state index in [0.717, 1.165) is 43.2 Å². The van der Waals surface area contributed by atoms with Gasteiger partial charge in [-0.3, -0.25) is 9.79 Å². The molecule has 0 bridgehead atoms. The lowest BCUT2D eigenvalue weighted by molar-refractivity contribution is -0.153. The molecule has 0 saturated heterocycles. The van der Waals surface area contributed by atoms with Gasteiger partial charge < -0.3 is 19.8 Å². The van der Waals surface area contributed by atoms with E-state index in [2.05, 4.69) is 0 Å². The van der Waals surface area contributed by atoms with Crippen LogP contribution in [0.3, 0.4) is 0 Å². The number of amides is 1. The highest BCUT2D eigenvalue weighted by Crippen LogP contribution is 2.62. The maximum Gasteiger partial charge on any atom is 0.260 e. The van der Waals surface area contributed by atoms with Crippen LogP contribution in [0.1, 0.15) is 56.2 Å². The summed E-state index contributed by atoms with van der Waals surface area (Å²) in [5, 5.41) is 20.2. The molecule has 146 valence electrons. The van der Waals surface area contributed by atoms with E-state index in [1.807, 2.05) is 13.0 Å². The number of carbonyl (C=O) groups is 1. The van der Waals surface area contributed by atoms with Crippen LogP contribution in [0, 0.1) is 5.41 Å². The average Bonchev–Trinajstić information content (AvgIpc) is 3.02. The topological polar surface area (TPSA) is 82.4 Å². The SMILES string of the molecule is COC1CCC2(CC1)Cc1ccc(C(C)(O)O)cc1C21N=C(C)N(C)C1=O. The Bertz CT molecular complexity index is 818. The molecule has 1 atom stereocenters. The standard InChI is InChI=1S/C21H28N2O4/c1-13-22-21(18(24)23(13)3)17-11-15(19(2,25)26)6-5-14(17)12-20(21)9-7-16(27-4)8-10-20/h5-6,11,16,25-26H,7-10,12H2,1-4H3. The van der Waals surface area contributed by atoms with E-state index in [-0.39, 0.29) is 17.4 Å². The molecule has 1 amide bonds. The molecule has 1 saturated carbocycles. The first-order chi connectivity index (χ1) is 12.6. The highest BCUT2D eigenvalue weighted by molar-refractivity contribution is 6.08. The lowest BCUT2D eigenvalue weighted by Gasteiger charge is -2.45. The van der Waals surface area contributed by atoms with Crippen LogP contribution < -0.4 is 0 Å². The largest absolute Gasteiger partial charge is 0.381 e. The molecule has 2 N–H and O–H groups in total. The van der Waals surface area contributed by atoms with Crippen LogP contribution in [0.15, 0.2) is 23.2 Å². The van der Waals surface area contributed by atoms with Crippen LogP contribution >= 0.6 is 0 Å². The van der Waals surface area contributed by atoms with Crippen molar-refractivity contribution in [1.82, 2.24) is 4.90 Å². The third-order valence-electron chi connectivity index (χ3n) is 7.00. The minimum atomic E-state index is -1.95. The van der Waals surface area contributed by atoms with E-state index < -0.39 is 11.3 Å². The van der Waals surface area contributed by atoms with Crippen molar-refractivity contribution in [1.29, 1.82) is 0 Å². The molecule has 2 spiro atoms. The molecule has 1 aromatic rings. The number of ether oxygens (including phenoxy) is 1. The molecular formula is C21H28N2O4. The molecule has 6 nitrogen and oxygen atoms in total. The third kappa shape index (κ3) is 2.43. The van der Waals surface area contributed by atoms with Gasteiger partial charge in [0.1, 0.15) is 5.84 Å². The number of benzene rings is 1. The van der Waals surface area contributed by atoms with Gasteiger partial charge in [-0.25, -0.2) is 0 Å². The van der Waals surface area contributed by atoms with Gasteiger partial charge in [-0.05, 0) is 63.1 Å². The molecule has 6 heteroatoms. The van der Waals surface area contributed by atoms with Crippen LogP contribution in [-0.4, -0.2) is 47.1 Å². The Hall–Kier alpha value is -1.76. The number of aliphatic hydroxyl groups is 2. The predicted octanol–water partition coefficient (Wildman–Crippen LogP) is 2.06. The molecule has 1 heterocycles. The number of methoxy groups -OCH3 is 1. The van der Waals surface area contributed by atoms with Gasteiger partial charge in [-0.2, -0.15) is 0 Å². The first-order valence-corrected chi connectivity index (χ1v) is 9.61. The quantitative estimate of drug-likeness (QED) is 0.779. The summed E-state index contributed by atoms with van der Waals surface area (Å²) < 4.78 is 5.56. The van der Waals surface area contributed by atoms with Crippen molar-refractivity contribution in [3.8, 4) is 0 Å². The van der Waals surface area contributed by atoms with Crippen molar-refractivity contribution < 1.29 is 19.7 Å². The van der Waals surface area contributed by atoms with E-state index in [1.165, 1.54) is 6.92 Å². The first-order valence-electron chi connectivity index (χ1n) is 9.61. The Morgan fingerprint density at radius 1 is 1.30 bits per heavy atom. The summed E-state index contributed by atoms with van der Waals surface area (Å²) in [4.78, 5) is 20.1. The van der Waals surface area contributed by atoms with Crippen molar-refractivity contribution in [2.45, 2.75) is 63.4 Å². The zero-order valence-corrected chi connectivity index (χ0v) is 16.5. The molecule has 4 rings (SSSR count). The Labute approximate surface area is 159 Å². The van der Waals surface area contributed by atoms with E-state index >= 15 is 0 Å². The second-order valence-corrected chi connectivity index (χ2v) is 8.52. The number of aliphatic imine (C=N–C) groups is 1. The van der Waals surface area contributed by atoms with E-state index in [0.29, 0.717) is 11.4 Å². The second kappa shape index (κ2) is 5.87. The number of nitrogens with zero attached hydrogens (tertiary/aromatic N) is 2. The van der Waals surface area contributed by atoms with E-state index in [1.54, 1.807) is 31.2 Å². The summed E-state index contributed by atoms with van der Waals surface area (Å²) in [7, 11) is 3.52. The molecule has 27 heavy (non-hydrogen) atoms. The van der Waals surface area contributed by atoms with Gasteiger partial charge in [0.15, 0.2) is 11.3 Å². The molecule has 2 aliphatic carbocycles. The average molecular weight is 372 g/mol. The molecule has 1 aromatic carbocycles. The second-order valence-electron chi connectivity index (χ2n) is 8.52. The Morgan fingerprint density at radius 3 is 2.48 bits per heavy atom. The molecule has 3 aliphatic rings. The van der Waals surface area contributed by atoms with Crippen LogP contribution in [0.4, 0.5) is 0 Å². The summed E-state index contributed by atoms with van der Waals surface area (Å²) in [5.41, 5.74) is 1.05. The summed E-state index contributed by atoms with van der Waals surface area (Å²) in [6.45, 7) is 3.21. The van der Waals surface area contributed by atoms with Gasteiger partial charge in [0.05, 0.1) is 6.10 Å². The zero-order chi connectivity index (χ0) is 19.6. The van der Waals surface area contributed by atoms with E-state index in [9.17, 15) is 15.0 Å². The first kappa shape index (κ1) is 18.6. The molecule has 1 aliphatic heterocycles. The smallest absolute Gasteiger partial charge is 0.260 e. The monoisotopic (exact) mass is 372 g/mol. The Morgan fingerprint density at radius 2 is 1.96 bits per heavy atom. The highest BCUT2D eigenvalue weighted by atomic mass is 16.5. The van der Waals surface area contributed by atoms with Crippen molar-refractivity contribution in [3.63, 3.8) is 0 Å².